The Morgan fingerprint density at radius 1 is 1.07 bits per heavy atom. The first kappa shape index (κ1) is 17.4. The average Bonchev–Trinajstić information content (AvgIpc) is 2.69. The van der Waals surface area contributed by atoms with Crippen LogP contribution in [0, 0.1) is 18.3 Å². The molecule has 0 aliphatic rings. The van der Waals surface area contributed by atoms with Crippen molar-refractivity contribution in [1.82, 2.24) is 14.0 Å². The minimum Gasteiger partial charge on any atom is -0.295 e. The Bertz CT molecular complexity index is 1460. The topological polar surface area (TPSA) is 97.2 Å². The molecule has 0 aliphatic carbocycles. The molecule has 0 fully saturated rings. The lowest BCUT2D eigenvalue weighted by atomic mass is 10.1. The quantitative estimate of drug-likeness (QED) is 0.399. The van der Waals surface area contributed by atoms with Crippen molar-refractivity contribution in [2.75, 3.05) is 0 Å². The minimum absolute atomic E-state index is 0.143. The maximum Gasteiger partial charge on any atom is 0.274 e. The van der Waals surface area contributed by atoms with Crippen LogP contribution < -0.4 is 11.1 Å². The summed E-state index contributed by atoms with van der Waals surface area (Å²) in [6, 6.07) is 13.1. The summed E-state index contributed by atoms with van der Waals surface area (Å²) in [7, 11) is 0. The summed E-state index contributed by atoms with van der Waals surface area (Å²) in [5, 5.41) is 9.54. The van der Waals surface area contributed by atoms with Crippen LogP contribution in [-0.4, -0.2) is 19.7 Å². The van der Waals surface area contributed by atoms with Gasteiger partial charge in [0.25, 0.3) is 11.1 Å². The van der Waals surface area contributed by atoms with Crippen molar-refractivity contribution in [3.8, 4) is 11.8 Å². The maximum absolute atomic E-state index is 13.0. The van der Waals surface area contributed by atoms with Gasteiger partial charge in [-0.25, -0.2) is 4.98 Å². The highest BCUT2D eigenvalue weighted by Crippen LogP contribution is 2.17. The number of Topliss-reactive ketones (excluding diaryl/α,β-unsaturated/α-hetero) is 1. The normalized spacial score (nSPS) is 10.9. The van der Waals surface area contributed by atoms with Gasteiger partial charge in [-0.1, -0.05) is 18.2 Å². The number of carbonyl (C=O) groups is 1. The van der Waals surface area contributed by atoms with Crippen molar-refractivity contribution in [3.63, 3.8) is 0 Å². The molecule has 4 rings (SSSR count). The summed E-state index contributed by atoms with van der Waals surface area (Å²) < 4.78 is 2.60. The highest BCUT2D eigenvalue weighted by atomic mass is 16.1. The van der Waals surface area contributed by atoms with E-state index in [9.17, 15) is 19.6 Å². The molecule has 0 unspecified atom stereocenters. The van der Waals surface area contributed by atoms with Crippen molar-refractivity contribution >= 4 is 22.5 Å². The largest absolute Gasteiger partial charge is 0.295 e. The van der Waals surface area contributed by atoms with E-state index in [4.69, 9.17) is 0 Å². The van der Waals surface area contributed by atoms with Gasteiger partial charge in [0.15, 0.2) is 11.4 Å². The molecule has 0 amide bonds. The Morgan fingerprint density at radius 2 is 1.86 bits per heavy atom. The molecule has 7 heteroatoms. The second-order valence-electron chi connectivity index (χ2n) is 6.46. The van der Waals surface area contributed by atoms with Crippen LogP contribution in [0.5, 0.6) is 0 Å². The molecular formula is C21H14N4O3. The summed E-state index contributed by atoms with van der Waals surface area (Å²) in [6.45, 7) is 3.24. The van der Waals surface area contributed by atoms with Gasteiger partial charge in [-0.2, -0.15) is 5.26 Å². The van der Waals surface area contributed by atoms with E-state index < -0.39 is 5.56 Å². The lowest BCUT2D eigenvalue weighted by Crippen LogP contribution is -2.26. The predicted molar refractivity (Wildman–Crippen MR) is 104 cm³/mol. The van der Waals surface area contributed by atoms with Gasteiger partial charge in [0.05, 0.1) is 11.1 Å². The highest BCUT2D eigenvalue weighted by Gasteiger charge is 2.17. The van der Waals surface area contributed by atoms with Crippen molar-refractivity contribution in [2.24, 2.45) is 0 Å². The lowest BCUT2D eigenvalue weighted by molar-refractivity contribution is 0.101. The fourth-order valence-corrected chi connectivity index (χ4v) is 3.20. The Hall–Kier alpha value is -4.05. The number of fused-ring (bicyclic) bond motifs is 2. The molecule has 0 N–H and O–H groups in total. The molecule has 0 atom stereocenters. The van der Waals surface area contributed by atoms with Crippen LogP contribution in [-0.2, 0) is 0 Å². The van der Waals surface area contributed by atoms with Crippen LogP contribution in [0.1, 0.15) is 28.4 Å². The molecule has 7 nitrogen and oxygen atoms in total. The van der Waals surface area contributed by atoms with Crippen LogP contribution in [0.25, 0.3) is 22.4 Å². The highest BCUT2D eigenvalue weighted by molar-refractivity contribution is 5.94. The molecular weight excluding hydrogens is 356 g/mol. The van der Waals surface area contributed by atoms with Gasteiger partial charge < -0.3 is 0 Å². The molecule has 1 aromatic carbocycles. The number of hydrogen-bond donors (Lipinski definition) is 0. The van der Waals surface area contributed by atoms with Gasteiger partial charge in [-0.15, -0.1) is 0 Å². The molecule has 0 saturated carbocycles. The first-order valence-electron chi connectivity index (χ1n) is 8.51. The second-order valence-corrected chi connectivity index (χ2v) is 6.46. The lowest BCUT2D eigenvalue weighted by Gasteiger charge is -2.13. The van der Waals surface area contributed by atoms with Gasteiger partial charge in [0.2, 0.25) is 0 Å². The fraction of sp³-hybridized carbons (Fsp3) is 0.0952. The van der Waals surface area contributed by atoms with Gasteiger partial charge >= 0.3 is 0 Å². The van der Waals surface area contributed by atoms with E-state index in [2.05, 4.69) is 4.98 Å². The third-order valence-corrected chi connectivity index (χ3v) is 4.63. The number of hydrogen-bond acceptors (Lipinski definition) is 5. The summed E-state index contributed by atoms with van der Waals surface area (Å²) in [5.74, 6) is -0.162. The van der Waals surface area contributed by atoms with E-state index in [1.807, 2.05) is 19.1 Å². The SMILES string of the molecule is CC(=O)c1cccc(-n2c(=O)c(C#N)cc3c(=O)n4cccc(C)c4nc32)c1. The minimum atomic E-state index is -0.597. The molecule has 28 heavy (non-hydrogen) atoms. The zero-order valence-electron chi connectivity index (χ0n) is 15.1. The van der Waals surface area contributed by atoms with Crippen LogP contribution in [0.2, 0.25) is 0 Å². The third kappa shape index (κ3) is 2.51. The van der Waals surface area contributed by atoms with Gasteiger partial charge in [-0.05, 0) is 43.7 Å². The monoisotopic (exact) mass is 370 g/mol. The fourth-order valence-electron chi connectivity index (χ4n) is 3.20. The van der Waals surface area contributed by atoms with E-state index in [1.165, 1.54) is 22.0 Å². The molecule has 4 aromatic rings. The van der Waals surface area contributed by atoms with Gasteiger partial charge in [-0.3, -0.25) is 23.4 Å². The smallest absolute Gasteiger partial charge is 0.274 e. The van der Waals surface area contributed by atoms with E-state index in [0.29, 0.717) is 16.9 Å². The van der Waals surface area contributed by atoms with E-state index in [1.54, 1.807) is 36.5 Å². The molecule has 0 bridgehead atoms. The van der Waals surface area contributed by atoms with E-state index >= 15 is 0 Å². The zero-order chi connectivity index (χ0) is 20.0. The standard InChI is InChI=1S/C21H14N4O3/c1-12-5-4-8-24-18(12)23-19-17(21(24)28)10-15(11-22)20(27)25(19)16-7-3-6-14(9-16)13(2)26/h3-10H,1-2H3. The Morgan fingerprint density at radius 3 is 2.57 bits per heavy atom. The molecule has 0 spiro atoms. The molecule has 3 aromatic heterocycles. The predicted octanol–water partition coefficient (Wildman–Crippen LogP) is 2.38. The van der Waals surface area contributed by atoms with Crippen LogP contribution in [0.4, 0.5) is 0 Å². The zero-order valence-corrected chi connectivity index (χ0v) is 15.1. The summed E-state index contributed by atoms with van der Waals surface area (Å²) >= 11 is 0. The van der Waals surface area contributed by atoms with Crippen LogP contribution in [0.15, 0.2) is 58.3 Å². The third-order valence-electron chi connectivity index (χ3n) is 4.63. The van der Waals surface area contributed by atoms with E-state index in [-0.39, 0.29) is 27.9 Å². The number of aryl methyl sites for hydroxylation is 1. The number of pyridine rings is 2. The number of nitriles is 1. The number of aromatic nitrogens is 3. The summed E-state index contributed by atoms with van der Waals surface area (Å²) in [5.41, 5.74) is 0.953. The van der Waals surface area contributed by atoms with Gasteiger partial charge in [0, 0.05) is 11.8 Å². The Labute approximate surface area is 158 Å². The van der Waals surface area contributed by atoms with Crippen molar-refractivity contribution in [2.45, 2.75) is 13.8 Å². The number of carbonyl (C=O) groups excluding carboxylic acids is 1. The van der Waals surface area contributed by atoms with Crippen molar-refractivity contribution < 1.29 is 4.79 Å². The average molecular weight is 370 g/mol. The molecule has 0 saturated heterocycles. The number of ketones is 1. The Balaban J connectivity index is 2.25. The molecule has 0 radical (unpaired) electrons. The van der Waals surface area contributed by atoms with Crippen LogP contribution >= 0.6 is 0 Å². The molecule has 3 heterocycles. The molecule has 0 aliphatic heterocycles. The Kier molecular flexibility index (Phi) is 3.90. The number of nitrogens with zero attached hydrogens (tertiary/aromatic N) is 4. The number of rotatable bonds is 2. The summed E-state index contributed by atoms with van der Waals surface area (Å²) in [4.78, 5) is 42.3. The number of benzene rings is 1. The first-order chi connectivity index (χ1) is 13.4. The second kappa shape index (κ2) is 6.28. The van der Waals surface area contributed by atoms with Crippen molar-refractivity contribution in [3.05, 3.63) is 86.1 Å². The van der Waals surface area contributed by atoms with Gasteiger partial charge in [0.1, 0.15) is 17.3 Å². The van der Waals surface area contributed by atoms with Crippen molar-refractivity contribution in [1.29, 1.82) is 5.26 Å². The van der Waals surface area contributed by atoms with E-state index in [0.717, 1.165) is 5.56 Å². The maximum atomic E-state index is 13.0. The molecule has 136 valence electrons. The summed E-state index contributed by atoms with van der Waals surface area (Å²) in [6.07, 6.45) is 1.59. The first-order valence-corrected chi connectivity index (χ1v) is 8.51. The van der Waals surface area contributed by atoms with Crippen LogP contribution in [0.3, 0.4) is 0 Å².